The number of aromatic hydroxyl groups is 1. The lowest BCUT2D eigenvalue weighted by Gasteiger charge is -2.04. The number of hydrogen-bond donors (Lipinski definition) is 5. The first-order valence-corrected chi connectivity index (χ1v) is 5.79. The Morgan fingerprint density at radius 3 is 2.17 bits per heavy atom. The molecule has 0 aliphatic rings. The van der Waals surface area contributed by atoms with Crippen LogP contribution in [-0.4, -0.2) is 59.2 Å². The molecule has 0 unspecified atom stereocenters. The van der Waals surface area contributed by atoms with Gasteiger partial charge in [-0.2, -0.15) is 0 Å². The van der Waals surface area contributed by atoms with Crippen molar-refractivity contribution >= 4 is 37.2 Å². The summed E-state index contributed by atoms with van der Waals surface area (Å²) in [5.74, 6) is -0.156. The van der Waals surface area contributed by atoms with Crippen molar-refractivity contribution in [3.8, 4) is 5.75 Å². The summed E-state index contributed by atoms with van der Waals surface area (Å²) >= 11 is 0. The first kappa shape index (κ1) is 19.8. The van der Waals surface area contributed by atoms with E-state index in [0.717, 1.165) is 0 Å². The van der Waals surface area contributed by atoms with Crippen LogP contribution in [0.25, 0.3) is 0 Å². The predicted molar refractivity (Wildman–Crippen MR) is 64.8 cm³/mol. The van der Waals surface area contributed by atoms with E-state index in [9.17, 15) is 9.90 Å². The molecule has 0 saturated carbocycles. The Morgan fingerprint density at radius 2 is 1.83 bits per heavy atom. The van der Waals surface area contributed by atoms with Crippen LogP contribution in [0, 0.1) is 6.92 Å². The summed E-state index contributed by atoms with van der Waals surface area (Å²) in [5.41, 5.74) is 0.840. The minimum absolute atomic E-state index is 0. The van der Waals surface area contributed by atoms with E-state index in [2.05, 4.69) is 4.98 Å². The van der Waals surface area contributed by atoms with Gasteiger partial charge in [0.15, 0.2) is 6.29 Å². The van der Waals surface area contributed by atoms with Crippen LogP contribution in [0.1, 0.15) is 21.6 Å². The summed E-state index contributed by atoms with van der Waals surface area (Å²) in [6.45, 7) is 1.29. The van der Waals surface area contributed by atoms with Crippen LogP contribution in [0.15, 0.2) is 6.20 Å². The second-order valence-electron chi connectivity index (χ2n) is 2.92. The molecule has 0 saturated heterocycles. The normalized spacial score (nSPS) is 9.83. The van der Waals surface area contributed by atoms with Gasteiger partial charge in [0.25, 0.3) is 0 Å². The van der Waals surface area contributed by atoms with Crippen molar-refractivity contribution in [1.82, 2.24) is 4.98 Å². The summed E-state index contributed by atoms with van der Waals surface area (Å²) in [4.78, 5) is 35.8. The summed E-state index contributed by atoms with van der Waals surface area (Å²) in [7, 11) is -4.64. The number of rotatable bonds is 2. The fraction of sp³-hybridized carbons (Fsp3) is 0.250. The minimum atomic E-state index is -4.64. The molecule has 0 atom stereocenters. The molecule has 0 aliphatic carbocycles. The Balaban J connectivity index is 0. The fourth-order valence-electron chi connectivity index (χ4n) is 0.910. The van der Waals surface area contributed by atoms with Crippen LogP contribution >= 0.6 is 7.82 Å². The Bertz CT molecular complexity index is 439. The lowest BCUT2D eigenvalue weighted by atomic mass is 10.1. The average molecular weight is 291 g/mol. The molecule has 1 rings (SSSR count). The lowest BCUT2D eigenvalue weighted by molar-refractivity contribution is 0.111. The van der Waals surface area contributed by atoms with Crippen molar-refractivity contribution in [3.63, 3.8) is 0 Å². The van der Waals surface area contributed by atoms with Gasteiger partial charge in [-0.15, -0.1) is 0 Å². The molecule has 0 aliphatic heterocycles. The highest BCUT2D eigenvalue weighted by atomic mass is 31.2. The Labute approximate surface area is 119 Å². The number of carbonyl (C=O) groups excluding carboxylic acids is 1. The van der Waals surface area contributed by atoms with Gasteiger partial charge in [-0.25, -0.2) is 4.57 Å². The zero-order valence-corrected chi connectivity index (χ0v) is 9.70. The van der Waals surface area contributed by atoms with E-state index >= 15 is 0 Å². The van der Waals surface area contributed by atoms with Crippen LogP contribution in [0.3, 0.4) is 0 Å². The molecule has 5 N–H and O–H groups in total. The number of aliphatic hydroxyl groups is 1. The van der Waals surface area contributed by atoms with Gasteiger partial charge >= 0.3 is 30.9 Å². The Morgan fingerprint density at radius 1 is 1.39 bits per heavy atom. The van der Waals surface area contributed by atoms with Crippen LogP contribution in [-0.2, 0) is 11.2 Å². The van der Waals surface area contributed by atoms with E-state index in [-0.39, 0.29) is 41.0 Å². The number of phosphoric acid groups is 1. The molecule has 0 amide bonds. The highest BCUT2D eigenvalue weighted by Crippen LogP contribution is 2.25. The van der Waals surface area contributed by atoms with Crippen LogP contribution < -0.4 is 0 Å². The van der Waals surface area contributed by atoms with Gasteiger partial charge in [-0.1, -0.05) is 0 Å². The second kappa shape index (κ2) is 8.54. The van der Waals surface area contributed by atoms with Crippen LogP contribution in [0.2, 0.25) is 0 Å². The third-order valence-electron chi connectivity index (χ3n) is 1.65. The maximum atomic E-state index is 10.5. The average Bonchev–Trinajstić information content (AvgIpc) is 2.19. The van der Waals surface area contributed by atoms with Gasteiger partial charge in [-0.3, -0.25) is 9.78 Å². The quantitative estimate of drug-likeness (QED) is 0.253. The van der Waals surface area contributed by atoms with E-state index in [1.165, 1.54) is 6.20 Å². The number of aryl methyl sites for hydroxylation is 1. The zero-order valence-electron chi connectivity index (χ0n) is 8.81. The minimum Gasteiger partial charge on any atom is -0.505 e. The monoisotopic (exact) mass is 291 g/mol. The van der Waals surface area contributed by atoms with Gasteiger partial charge in [-0.05, 0) is 6.92 Å². The van der Waals surface area contributed by atoms with E-state index < -0.39 is 7.82 Å². The fourth-order valence-corrected chi connectivity index (χ4v) is 0.910. The molecule has 0 radical (unpaired) electrons. The molecule has 0 aromatic carbocycles. The van der Waals surface area contributed by atoms with Gasteiger partial charge in [0.2, 0.25) is 0 Å². The molecule has 100 valence electrons. The second-order valence-corrected chi connectivity index (χ2v) is 3.95. The largest absolute Gasteiger partial charge is 0.505 e. The van der Waals surface area contributed by atoms with E-state index in [1.54, 1.807) is 6.92 Å². The van der Waals surface area contributed by atoms with Crippen molar-refractivity contribution in [1.29, 1.82) is 0 Å². The molecule has 8 nitrogen and oxygen atoms in total. The molecule has 1 aromatic rings. The summed E-state index contributed by atoms with van der Waals surface area (Å²) in [5, 5.41) is 18.1. The molecule has 1 aromatic heterocycles. The Kier molecular flexibility index (Phi) is 9.39. The number of nitrogens with zero attached hydrogens (tertiary/aromatic N) is 1. The highest BCUT2D eigenvalue weighted by molar-refractivity contribution is 7.45. The molecule has 18 heavy (non-hydrogen) atoms. The molecular weight excluding hydrogens is 277 g/mol. The number of pyridine rings is 1. The Hall–Kier alpha value is -0.544. The number of aliphatic hydroxyl groups excluding tert-OH is 1. The first-order valence-electron chi connectivity index (χ1n) is 4.22. The third-order valence-corrected chi connectivity index (χ3v) is 1.65. The maximum Gasteiger partial charge on any atom is 0.466 e. The van der Waals surface area contributed by atoms with Crippen molar-refractivity contribution < 1.29 is 34.3 Å². The number of hydrogen-bond acceptors (Lipinski definition) is 5. The summed E-state index contributed by atoms with van der Waals surface area (Å²) in [6, 6.07) is 0. The molecular formula is C8H14MgNO7P. The van der Waals surface area contributed by atoms with E-state index in [0.29, 0.717) is 17.5 Å². The molecule has 0 fully saturated rings. The maximum absolute atomic E-state index is 10.5. The first-order chi connectivity index (χ1) is 7.70. The number of carbonyl (C=O) groups is 1. The summed E-state index contributed by atoms with van der Waals surface area (Å²) in [6.07, 6.45) is 1.88. The zero-order chi connectivity index (χ0) is 13.6. The standard InChI is InChI=1S/C8H9NO3.Mg.H3O4P.2H/c1-5-8(12)7(4-11)6(3-10)2-9-5;;1-5(2,3)4;;/h2,4,10,12H,3H2,1H3;;(H3,1,2,3,4);;. The van der Waals surface area contributed by atoms with E-state index in [1.807, 2.05) is 0 Å². The van der Waals surface area contributed by atoms with Crippen molar-refractivity contribution in [2.75, 3.05) is 0 Å². The van der Waals surface area contributed by atoms with Gasteiger partial charge in [0, 0.05) is 11.8 Å². The number of aromatic nitrogens is 1. The predicted octanol–water partition coefficient (Wildman–Crippen LogP) is -1.44. The molecule has 0 bridgehead atoms. The van der Waals surface area contributed by atoms with Crippen LogP contribution in [0.4, 0.5) is 0 Å². The molecule has 0 spiro atoms. The highest BCUT2D eigenvalue weighted by Gasteiger charge is 2.09. The molecule has 10 heteroatoms. The van der Waals surface area contributed by atoms with Crippen LogP contribution in [0.5, 0.6) is 5.75 Å². The van der Waals surface area contributed by atoms with Crippen molar-refractivity contribution in [3.05, 3.63) is 23.0 Å². The SMILES string of the molecule is Cc1ncc(CO)c(C=O)c1O.O=P(O)(O)O.[MgH2]. The van der Waals surface area contributed by atoms with Crippen molar-refractivity contribution in [2.45, 2.75) is 13.5 Å². The van der Waals surface area contributed by atoms with Gasteiger partial charge < -0.3 is 24.9 Å². The van der Waals surface area contributed by atoms with E-state index in [4.69, 9.17) is 24.4 Å². The topological polar surface area (TPSA) is 148 Å². The smallest absolute Gasteiger partial charge is 0.466 e. The summed E-state index contributed by atoms with van der Waals surface area (Å²) < 4.78 is 8.88. The number of aldehydes is 1. The lowest BCUT2D eigenvalue weighted by Crippen LogP contribution is -1.96. The molecule has 1 heterocycles. The van der Waals surface area contributed by atoms with Gasteiger partial charge in [0.05, 0.1) is 17.9 Å². The third kappa shape index (κ3) is 7.72. The van der Waals surface area contributed by atoms with Crippen molar-refractivity contribution in [2.24, 2.45) is 0 Å². The van der Waals surface area contributed by atoms with Gasteiger partial charge in [0.1, 0.15) is 5.75 Å².